The van der Waals surface area contributed by atoms with Gasteiger partial charge in [-0.1, -0.05) is 11.6 Å². The highest BCUT2D eigenvalue weighted by atomic mass is 35.5. The number of halogens is 1. The van der Waals surface area contributed by atoms with E-state index in [1.807, 2.05) is 4.90 Å². The van der Waals surface area contributed by atoms with Gasteiger partial charge in [0.25, 0.3) is 0 Å². The molecule has 2 N–H and O–H groups in total. The number of aliphatic hydroxyl groups excluding tert-OH is 1. The minimum atomic E-state index is -1.00. The summed E-state index contributed by atoms with van der Waals surface area (Å²) >= 11 is 5.84. The second kappa shape index (κ2) is 6.18. The second-order valence-corrected chi connectivity index (χ2v) is 4.75. The SMILES string of the molecule is O=C(O)c1ccc(Cl)nc1N1CCN(CCO)CC1. The van der Waals surface area contributed by atoms with E-state index >= 15 is 0 Å². The molecule has 1 aromatic rings. The predicted molar refractivity (Wildman–Crippen MR) is 71.9 cm³/mol. The molecule has 1 aromatic heterocycles. The van der Waals surface area contributed by atoms with Crippen LogP contribution in [0.3, 0.4) is 0 Å². The van der Waals surface area contributed by atoms with Gasteiger partial charge in [0, 0.05) is 32.7 Å². The third kappa shape index (κ3) is 3.34. The molecule has 0 aromatic carbocycles. The Bertz CT molecular complexity index is 462. The van der Waals surface area contributed by atoms with Gasteiger partial charge >= 0.3 is 5.97 Å². The highest BCUT2D eigenvalue weighted by molar-refractivity contribution is 6.29. The molecule has 1 saturated heterocycles. The van der Waals surface area contributed by atoms with Crippen molar-refractivity contribution in [3.63, 3.8) is 0 Å². The highest BCUT2D eigenvalue weighted by Gasteiger charge is 2.22. The number of carboxylic acid groups (broad SMARTS) is 1. The number of β-amino-alcohol motifs (C(OH)–C–C–N with tert-alkyl or cyclic N) is 1. The largest absolute Gasteiger partial charge is 0.478 e. The van der Waals surface area contributed by atoms with E-state index in [0.717, 1.165) is 13.1 Å². The van der Waals surface area contributed by atoms with E-state index in [4.69, 9.17) is 16.7 Å². The minimum Gasteiger partial charge on any atom is -0.478 e. The fourth-order valence-corrected chi connectivity index (χ4v) is 2.30. The Hall–Kier alpha value is -1.37. The van der Waals surface area contributed by atoms with Crippen molar-refractivity contribution in [3.8, 4) is 0 Å². The van der Waals surface area contributed by atoms with Crippen LogP contribution in [0, 0.1) is 0 Å². The Morgan fingerprint density at radius 2 is 2.00 bits per heavy atom. The summed E-state index contributed by atoms with van der Waals surface area (Å²) in [6.45, 7) is 3.67. The zero-order chi connectivity index (χ0) is 13.8. The molecular formula is C12H16ClN3O3. The number of nitrogens with zero attached hydrogens (tertiary/aromatic N) is 3. The van der Waals surface area contributed by atoms with Crippen molar-refractivity contribution in [1.82, 2.24) is 9.88 Å². The summed E-state index contributed by atoms with van der Waals surface area (Å²) in [4.78, 5) is 19.4. The monoisotopic (exact) mass is 285 g/mol. The van der Waals surface area contributed by atoms with Crippen LogP contribution in [0.4, 0.5) is 5.82 Å². The topological polar surface area (TPSA) is 76.9 Å². The molecule has 0 aliphatic carbocycles. The van der Waals surface area contributed by atoms with Crippen molar-refractivity contribution < 1.29 is 15.0 Å². The second-order valence-electron chi connectivity index (χ2n) is 4.36. The van der Waals surface area contributed by atoms with Crippen LogP contribution in [0.1, 0.15) is 10.4 Å². The number of carboxylic acids is 1. The number of pyridine rings is 1. The average Bonchev–Trinajstić information content (AvgIpc) is 2.39. The van der Waals surface area contributed by atoms with E-state index in [1.54, 1.807) is 0 Å². The zero-order valence-corrected chi connectivity index (χ0v) is 11.2. The first-order valence-corrected chi connectivity index (χ1v) is 6.47. The minimum absolute atomic E-state index is 0.135. The van der Waals surface area contributed by atoms with Crippen LogP contribution in [0.2, 0.25) is 5.15 Å². The van der Waals surface area contributed by atoms with Crippen molar-refractivity contribution in [2.75, 3.05) is 44.2 Å². The van der Waals surface area contributed by atoms with Crippen LogP contribution in [-0.4, -0.2) is 65.4 Å². The van der Waals surface area contributed by atoms with Crippen molar-refractivity contribution >= 4 is 23.4 Å². The number of carbonyl (C=O) groups is 1. The van der Waals surface area contributed by atoms with Crippen molar-refractivity contribution in [2.24, 2.45) is 0 Å². The quantitative estimate of drug-likeness (QED) is 0.787. The molecule has 2 heterocycles. The highest BCUT2D eigenvalue weighted by Crippen LogP contribution is 2.22. The van der Waals surface area contributed by atoms with Crippen LogP contribution in [0.25, 0.3) is 0 Å². The molecule has 0 atom stereocenters. The first-order chi connectivity index (χ1) is 9.11. The molecular weight excluding hydrogens is 270 g/mol. The lowest BCUT2D eigenvalue weighted by Gasteiger charge is -2.35. The Morgan fingerprint density at radius 1 is 1.32 bits per heavy atom. The molecule has 0 amide bonds. The standard InChI is InChI=1S/C12H16ClN3O3/c13-10-2-1-9(12(18)19)11(14-10)16-5-3-15(4-6-16)7-8-17/h1-2,17H,3-8H2,(H,18,19). The van der Waals surface area contributed by atoms with Gasteiger partial charge in [0.15, 0.2) is 0 Å². The predicted octanol–water partition coefficient (Wildman–Crippen LogP) is 0.547. The van der Waals surface area contributed by atoms with Crippen molar-refractivity contribution in [2.45, 2.75) is 0 Å². The summed E-state index contributed by atoms with van der Waals surface area (Å²) < 4.78 is 0. The lowest BCUT2D eigenvalue weighted by molar-refractivity contribution is 0.0697. The summed E-state index contributed by atoms with van der Waals surface area (Å²) in [7, 11) is 0. The van der Waals surface area contributed by atoms with Gasteiger partial charge in [0.1, 0.15) is 16.5 Å². The van der Waals surface area contributed by atoms with Gasteiger partial charge in [0.05, 0.1) is 6.61 Å². The molecule has 2 rings (SSSR count). The Labute approximate surface area is 116 Å². The smallest absolute Gasteiger partial charge is 0.339 e. The Balaban J connectivity index is 2.14. The van der Waals surface area contributed by atoms with E-state index in [-0.39, 0.29) is 17.3 Å². The molecule has 104 valence electrons. The first-order valence-electron chi connectivity index (χ1n) is 6.10. The van der Waals surface area contributed by atoms with Crippen LogP contribution in [0.5, 0.6) is 0 Å². The normalized spacial score (nSPS) is 16.6. The number of aliphatic hydroxyl groups is 1. The van der Waals surface area contributed by atoms with Gasteiger partial charge in [-0.15, -0.1) is 0 Å². The van der Waals surface area contributed by atoms with Crippen LogP contribution in [-0.2, 0) is 0 Å². The van der Waals surface area contributed by atoms with Gasteiger partial charge in [-0.3, -0.25) is 4.90 Å². The third-order valence-electron chi connectivity index (χ3n) is 3.16. The van der Waals surface area contributed by atoms with Crippen molar-refractivity contribution in [1.29, 1.82) is 0 Å². The number of aromatic carboxylic acids is 1. The van der Waals surface area contributed by atoms with Gasteiger partial charge in [0.2, 0.25) is 0 Å². The fourth-order valence-electron chi connectivity index (χ4n) is 2.16. The summed E-state index contributed by atoms with van der Waals surface area (Å²) in [6, 6.07) is 2.96. The molecule has 6 nitrogen and oxygen atoms in total. The molecule has 7 heteroatoms. The van der Waals surface area contributed by atoms with Gasteiger partial charge in [-0.05, 0) is 12.1 Å². The first kappa shape index (κ1) is 14.0. The van der Waals surface area contributed by atoms with Gasteiger partial charge in [-0.2, -0.15) is 0 Å². The summed E-state index contributed by atoms with van der Waals surface area (Å²) in [5.41, 5.74) is 0.167. The average molecular weight is 286 g/mol. The lowest BCUT2D eigenvalue weighted by Crippen LogP contribution is -2.47. The summed E-state index contributed by atoms with van der Waals surface area (Å²) in [6.07, 6.45) is 0. The molecule has 0 saturated carbocycles. The van der Waals surface area contributed by atoms with E-state index in [1.165, 1.54) is 12.1 Å². The molecule has 0 spiro atoms. The molecule has 19 heavy (non-hydrogen) atoms. The van der Waals surface area contributed by atoms with Gasteiger partial charge in [-0.25, -0.2) is 9.78 Å². The molecule has 0 bridgehead atoms. The Kier molecular flexibility index (Phi) is 4.57. The van der Waals surface area contributed by atoms with E-state index < -0.39 is 5.97 Å². The number of aromatic nitrogens is 1. The lowest BCUT2D eigenvalue weighted by atomic mass is 10.2. The third-order valence-corrected chi connectivity index (χ3v) is 3.37. The number of hydrogen-bond acceptors (Lipinski definition) is 5. The maximum atomic E-state index is 11.2. The van der Waals surface area contributed by atoms with Crippen LogP contribution >= 0.6 is 11.6 Å². The molecule has 1 aliphatic heterocycles. The number of anilines is 1. The van der Waals surface area contributed by atoms with Crippen molar-refractivity contribution in [3.05, 3.63) is 22.8 Å². The molecule has 1 fully saturated rings. The van der Waals surface area contributed by atoms with Crippen LogP contribution in [0.15, 0.2) is 12.1 Å². The van der Waals surface area contributed by atoms with E-state index in [0.29, 0.717) is 25.5 Å². The molecule has 1 aliphatic rings. The maximum Gasteiger partial charge on any atom is 0.339 e. The van der Waals surface area contributed by atoms with Gasteiger partial charge < -0.3 is 15.1 Å². The summed E-state index contributed by atoms with van der Waals surface area (Å²) in [5, 5.41) is 18.4. The number of hydrogen-bond donors (Lipinski definition) is 2. The summed E-state index contributed by atoms with van der Waals surface area (Å²) in [5.74, 6) is -0.583. The Morgan fingerprint density at radius 3 is 2.58 bits per heavy atom. The maximum absolute atomic E-state index is 11.2. The van der Waals surface area contributed by atoms with E-state index in [9.17, 15) is 9.90 Å². The number of piperazine rings is 1. The fraction of sp³-hybridized carbons (Fsp3) is 0.500. The van der Waals surface area contributed by atoms with E-state index in [2.05, 4.69) is 9.88 Å². The molecule has 0 unspecified atom stereocenters. The zero-order valence-electron chi connectivity index (χ0n) is 10.4. The van der Waals surface area contributed by atoms with Crippen LogP contribution < -0.4 is 4.90 Å². The molecule has 0 radical (unpaired) electrons. The number of rotatable bonds is 4.